The lowest BCUT2D eigenvalue weighted by atomic mass is 9.96. The van der Waals surface area contributed by atoms with Crippen molar-refractivity contribution in [3.8, 4) is 0 Å². The van der Waals surface area contributed by atoms with E-state index >= 15 is 0 Å². The van der Waals surface area contributed by atoms with Crippen molar-refractivity contribution in [1.29, 1.82) is 0 Å². The summed E-state index contributed by atoms with van der Waals surface area (Å²) in [5, 5.41) is 6.08. The van der Waals surface area contributed by atoms with Gasteiger partial charge < -0.3 is 9.42 Å². The molecule has 3 heterocycles. The Morgan fingerprint density at radius 3 is 2.96 bits per heavy atom. The highest BCUT2D eigenvalue weighted by Gasteiger charge is 2.30. The summed E-state index contributed by atoms with van der Waals surface area (Å²) < 4.78 is 5.27. The smallest absolute Gasteiger partial charge is 0.227 e. The Hall–Kier alpha value is -1.69. The van der Waals surface area contributed by atoms with Gasteiger partial charge in [-0.15, -0.1) is 11.3 Å². The van der Waals surface area contributed by atoms with Crippen LogP contribution < -0.4 is 0 Å². The van der Waals surface area contributed by atoms with Gasteiger partial charge in [-0.1, -0.05) is 32.0 Å². The van der Waals surface area contributed by atoms with Gasteiger partial charge in [-0.25, -0.2) is 0 Å². The van der Waals surface area contributed by atoms with E-state index in [9.17, 15) is 4.79 Å². The van der Waals surface area contributed by atoms with Gasteiger partial charge in [-0.2, -0.15) is 4.98 Å². The molecule has 1 aliphatic heterocycles. The Balaban J connectivity index is 1.60. The molecule has 0 bridgehead atoms. The molecule has 5 nitrogen and oxygen atoms in total. The van der Waals surface area contributed by atoms with E-state index in [1.165, 1.54) is 4.88 Å². The molecule has 23 heavy (non-hydrogen) atoms. The van der Waals surface area contributed by atoms with Crippen LogP contribution in [0.1, 0.15) is 62.7 Å². The lowest BCUT2D eigenvalue weighted by Crippen LogP contribution is -2.30. The monoisotopic (exact) mass is 333 g/mol. The minimum atomic E-state index is -0.134. The zero-order chi connectivity index (χ0) is 16.4. The van der Waals surface area contributed by atoms with Crippen molar-refractivity contribution >= 4 is 17.2 Å². The molecule has 0 aromatic carbocycles. The second-order valence-corrected chi connectivity index (χ2v) is 8.00. The maximum absolute atomic E-state index is 12.6. The maximum Gasteiger partial charge on any atom is 0.227 e. The van der Waals surface area contributed by atoms with E-state index in [4.69, 9.17) is 4.52 Å². The number of hydrogen-bond acceptors (Lipinski definition) is 5. The predicted molar refractivity (Wildman–Crippen MR) is 89.3 cm³/mol. The van der Waals surface area contributed by atoms with Gasteiger partial charge in [0.1, 0.15) is 0 Å². The highest BCUT2D eigenvalue weighted by atomic mass is 32.1. The summed E-state index contributed by atoms with van der Waals surface area (Å²) in [7, 11) is 0. The van der Waals surface area contributed by atoms with Crippen LogP contribution in [0.3, 0.4) is 0 Å². The molecule has 0 saturated carbocycles. The number of hydrogen-bond donors (Lipinski definition) is 0. The Kier molecular flexibility index (Phi) is 4.53. The zero-order valence-electron chi connectivity index (χ0n) is 13.9. The van der Waals surface area contributed by atoms with E-state index in [0.717, 1.165) is 19.4 Å². The lowest BCUT2D eigenvalue weighted by molar-refractivity contribution is -0.132. The SMILES string of the molecule is CC(C)(C)c1noc(CCC(=O)N2CCC[C@H]2c2cccs2)n1. The van der Waals surface area contributed by atoms with Gasteiger partial charge in [0.05, 0.1) is 6.04 Å². The highest BCUT2D eigenvalue weighted by Crippen LogP contribution is 2.34. The third-order valence-corrected chi connectivity index (χ3v) is 5.11. The van der Waals surface area contributed by atoms with Crippen molar-refractivity contribution in [1.82, 2.24) is 15.0 Å². The molecule has 124 valence electrons. The Labute approximate surface area is 140 Å². The summed E-state index contributed by atoms with van der Waals surface area (Å²) in [4.78, 5) is 20.3. The van der Waals surface area contributed by atoms with Crippen molar-refractivity contribution in [3.63, 3.8) is 0 Å². The molecule has 2 aromatic heterocycles. The first-order chi connectivity index (χ1) is 10.9. The molecule has 1 saturated heterocycles. The zero-order valence-corrected chi connectivity index (χ0v) is 14.7. The first-order valence-electron chi connectivity index (χ1n) is 8.11. The maximum atomic E-state index is 12.6. The van der Waals surface area contributed by atoms with Crippen molar-refractivity contribution in [2.24, 2.45) is 0 Å². The average Bonchev–Trinajstić information content (AvgIpc) is 3.22. The summed E-state index contributed by atoms with van der Waals surface area (Å²) in [5.74, 6) is 1.42. The molecule has 1 aliphatic rings. The van der Waals surface area contributed by atoms with Gasteiger partial charge in [0.25, 0.3) is 0 Å². The number of likely N-dealkylation sites (tertiary alicyclic amines) is 1. The molecule has 0 aliphatic carbocycles. The van der Waals surface area contributed by atoms with Gasteiger partial charge >= 0.3 is 0 Å². The van der Waals surface area contributed by atoms with Crippen molar-refractivity contribution < 1.29 is 9.32 Å². The number of aryl methyl sites for hydroxylation is 1. The average molecular weight is 333 g/mol. The minimum absolute atomic E-state index is 0.134. The fourth-order valence-corrected chi connectivity index (χ4v) is 3.73. The summed E-state index contributed by atoms with van der Waals surface area (Å²) in [5.41, 5.74) is -0.134. The van der Waals surface area contributed by atoms with Crippen molar-refractivity contribution in [2.45, 2.75) is 57.9 Å². The summed E-state index contributed by atoms with van der Waals surface area (Å²) >= 11 is 1.73. The molecule has 1 fully saturated rings. The summed E-state index contributed by atoms with van der Waals surface area (Å²) in [6, 6.07) is 4.41. The van der Waals surface area contributed by atoms with Crippen LogP contribution in [0, 0.1) is 0 Å². The number of rotatable bonds is 4. The number of aromatic nitrogens is 2. The van der Waals surface area contributed by atoms with Crippen molar-refractivity contribution in [3.05, 3.63) is 34.1 Å². The molecular formula is C17H23N3O2S. The second kappa shape index (κ2) is 6.43. The van der Waals surface area contributed by atoms with E-state index < -0.39 is 0 Å². The van der Waals surface area contributed by atoms with E-state index in [1.54, 1.807) is 11.3 Å². The molecule has 0 radical (unpaired) electrons. The van der Waals surface area contributed by atoms with Crippen LogP contribution >= 0.6 is 11.3 Å². The fraction of sp³-hybridized carbons (Fsp3) is 0.588. The second-order valence-electron chi connectivity index (χ2n) is 7.02. The standard InChI is InChI=1S/C17H23N3O2S/c1-17(2,3)16-18-14(22-19-16)8-9-15(21)20-10-4-6-12(20)13-7-5-11-23-13/h5,7,11-12H,4,6,8-10H2,1-3H3/t12-/m0/s1. The van der Waals surface area contributed by atoms with Crippen LogP contribution in [-0.2, 0) is 16.6 Å². The molecule has 2 aromatic rings. The highest BCUT2D eigenvalue weighted by molar-refractivity contribution is 7.10. The number of nitrogens with zero attached hydrogens (tertiary/aromatic N) is 3. The quantitative estimate of drug-likeness (QED) is 0.855. The van der Waals surface area contributed by atoms with Crippen LogP contribution in [0.5, 0.6) is 0 Å². The number of amides is 1. The van der Waals surface area contributed by atoms with Crippen LogP contribution in [0.4, 0.5) is 0 Å². The summed E-state index contributed by atoms with van der Waals surface area (Å²) in [6.07, 6.45) is 3.06. The normalized spacial score (nSPS) is 18.6. The third-order valence-electron chi connectivity index (χ3n) is 4.14. The predicted octanol–water partition coefficient (Wildman–Crippen LogP) is 3.72. The molecule has 3 rings (SSSR count). The van der Waals surface area contributed by atoms with Gasteiger partial charge in [0.15, 0.2) is 5.82 Å². The Morgan fingerprint density at radius 1 is 1.48 bits per heavy atom. The molecule has 1 atom stereocenters. The molecule has 0 unspecified atom stereocenters. The van der Waals surface area contributed by atoms with Crippen LogP contribution in [-0.4, -0.2) is 27.5 Å². The Bertz CT molecular complexity index is 658. The number of carbonyl (C=O) groups is 1. The fourth-order valence-electron chi connectivity index (χ4n) is 2.86. The van der Waals surface area contributed by atoms with Crippen LogP contribution in [0.25, 0.3) is 0 Å². The summed E-state index contributed by atoms with van der Waals surface area (Å²) in [6.45, 7) is 6.98. The van der Waals surface area contributed by atoms with E-state index in [0.29, 0.717) is 24.6 Å². The first-order valence-corrected chi connectivity index (χ1v) is 8.99. The van der Waals surface area contributed by atoms with Crippen LogP contribution in [0.2, 0.25) is 0 Å². The molecule has 0 N–H and O–H groups in total. The largest absolute Gasteiger partial charge is 0.339 e. The molecular weight excluding hydrogens is 310 g/mol. The Morgan fingerprint density at radius 2 is 2.30 bits per heavy atom. The first kappa shape index (κ1) is 16.2. The van der Waals surface area contributed by atoms with E-state index in [2.05, 4.69) is 21.6 Å². The van der Waals surface area contributed by atoms with Gasteiger partial charge in [0, 0.05) is 29.7 Å². The van der Waals surface area contributed by atoms with Gasteiger partial charge in [0.2, 0.25) is 11.8 Å². The molecule has 6 heteroatoms. The van der Waals surface area contributed by atoms with Gasteiger partial charge in [-0.3, -0.25) is 4.79 Å². The van der Waals surface area contributed by atoms with Crippen LogP contribution in [0.15, 0.2) is 22.0 Å². The van der Waals surface area contributed by atoms with Gasteiger partial charge in [-0.05, 0) is 24.3 Å². The van der Waals surface area contributed by atoms with E-state index in [1.807, 2.05) is 31.7 Å². The number of carbonyl (C=O) groups excluding carboxylic acids is 1. The van der Waals surface area contributed by atoms with E-state index in [-0.39, 0.29) is 17.4 Å². The van der Waals surface area contributed by atoms with Crippen molar-refractivity contribution in [2.75, 3.05) is 6.54 Å². The molecule has 0 spiro atoms. The topological polar surface area (TPSA) is 59.2 Å². The molecule has 1 amide bonds. The third kappa shape index (κ3) is 3.63. The number of thiophene rings is 1. The lowest BCUT2D eigenvalue weighted by Gasteiger charge is -2.23. The minimum Gasteiger partial charge on any atom is -0.339 e.